The van der Waals surface area contributed by atoms with Gasteiger partial charge in [-0.05, 0) is 0 Å². The van der Waals surface area contributed by atoms with Crippen molar-refractivity contribution in [1.82, 2.24) is 19.5 Å². The van der Waals surface area contributed by atoms with Gasteiger partial charge < -0.3 is 9.55 Å². The Morgan fingerprint density at radius 1 is 1.58 bits per heavy atom. The molecule has 2 aromatic rings. The second-order valence-electron chi connectivity index (χ2n) is 2.35. The van der Waals surface area contributed by atoms with E-state index in [0.29, 0.717) is 27.1 Å². The maximum absolute atomic E-state index is 10.7. The SMILES string of the molecule is Cn1cnc2nc[nH]c2c1=S=O. The average molecular weight is 182 g/mol. The summed E-state index contributed by atoms with van der Waals surface area (Å²) in [6.07, 6.45) is 3.10. The average Bonchev–Trinajstić information content (AvgIpc) is 2.52. The van der Waals surface area contributed by atoms with Crippen LogP contribution in [0.4, 0.5) is 0 Å². The predicted molar refractivity (Wildman–Crippen MR) is 44.2 cm³/mol. The van der Waals surface area contributed by atoms with Crippen LogP contribution in [0, 0.1) is 4.64 Å². The van der Waals surface area contributed by atoms with Gasteiger partial charge in [-0.1, -0.05) is 0 Å². The van der Waals surface area contributed by atoms with Gasteiger partial charge in [-0.2, -0.15) is 0 Å². The first-order chi connectivity index (χ1) is 5.83. The number of nitrogens with zero attached hydrogens (tertiary/aromatic N) is 3. The molecule has 0 unspecified atom stereocenters. The van der Waals surface area contributed by atoms with Crippen LogP contribution in [0.3, 0.4) is 0 Å². The summed E-state index contributed by atoms with van der Waals surface area (Å²) in [6, 6.07) is 0. The van der Waals surface area contributed by atoms with E-state index in [2.05, 4.69) is 15.0 Å². The maximum atomic E-state index is 10.7. The molecule has 2 heterocycles. The van der Waals surface area contributed by atoms with Gasteiger partial charge >= 0.3 is 0 Å². The van der Waals surface area contributed by atoms with Crippen molar-refractivity contribution < 1.29 is 4.21 Å². The van der Waals surface area contributed by atoms with Gasteiger partial charge in [0, 0.05) is 7.05 Å². The second-order valence-corrected chi connectivity index (χ2v) is 2.90. The van der Waals surface area contributed by atoms with Crippen molar-refractivity contribution in [3.05, 3.63) is 17.3 Å². The van der Waals surface area contributed by atoms with Gasteiger partial charge in [0.1, 0.15) is 16.8 Å². The fourth-order valence-corrected chi connectivity index (χ4v) is 1.41. The number of rotatable bonds is 0. The number of fused-ring (bicyclic) bond motifs is 1. The number of aromatic nitrogens is 4. The van der Waals surface area contributed by atoms with E-state index in [1.165, 1.54) is 6.33 Å². The summed E-state index contributed by atoms with van der Waals surface area (Å²) in [6.45, 7) is 0. The first-order valence-electron chi connectivity index (χ1n) is 3.30. The first-order valence-corrected chi connectivity index (χ1v) is 4.04. The van der Waals surface area contributed by atoms with Crippen LogP contribution in [0.2, 0.25) is 0 Å². The van der Waals surface area contributed by atoms with Crippen LogP contribution in [0.1, 0.15) is 0 Å². The normalized spacial score (nSPS) is 10.4. The Bertz CT molecular complexity index is 507. The number of hydrogen-bond donors (Lipinski definition) is 1. The van der Waals surface area contributed by atoms with Gasteiger partial charge in [0.2, 0.25) is 0 Å². The van der Waals surface area contributed by atoms with Crippen molar-refractivity contribution in [2.75, 3.05) is 0 Å². The molecule has 12 heavy (non-hydrogen) atoms. The number of H-pyrrole nitrogens is 1. The van der Waals surface area contributed by atoms with E-state index in [0.717, 1.165) is 0 Å². The molecule has 0 bridgehead atoms. The van der Waals surface area contributed by atoms with Gasteiger partial charge in [-0.15, -0.1) is 0 Å². The van der Waals surface area contributed by atoms with Crippen LogP contribution in [0.25, 0.3) is 11.2 Å². The lowest BCUT2D eigenvalue weighted by Crippen LogP contribution is -1.95. The molecule has 0 aliphatic rings. The quantitative estimate of drug-likeness (QED) is 0.585. The van der Waals surface area contributed by atoms with Crippen molar-refractivity contribution in [3.63, 3.8) is 0 Å². The van der Waals surface area contributed by atoms with Gasteiger partial charge in [0.15, 0.2) is 10.3 Å². The van der Waals surface area contributed by atoms with E-state index in [-0.39, 0.29) is 0 Å². The summed E-state index contributed by atoms with van der Waals surface area (Å²) in [4.78, 5) is 10.8. The van der Waals surface area contributed by atoms with Crippen LogP contribution in [0.15, 0.2) is 12.7 Å². The number of imidazole rings is 1. The number of hydrogen-bond acceptors (Lipinski definition) is 3. The van der Waals surface area contributed by atoms with Crippen LogP contribution in [-0.2, 0) is 18.3 Å². The molecule has 6 heteroatoms. The van der Waals surface area contributed by atoms with E-state index in [4.69, 9.17) is 0 Å². The summed E-state index contributed by atoms with van der Waals surface area (Å²) >= 11 is 0.431. The van der Waals surface area contributed by atoms with Crippen LogP contribution >= 0.6 is 0 Å². The highest BCUT2D eigenvalue weighted by molar-refractivity contribution is 7.57. The minimum Gasteiger partial charge on any atom is -0.341 e. The van der Waals surface area contributed by atoms with Crippen molar-refractivity contribution in [2.24, 2.45) is 7.05 Å². The summed E-state index contributed by atoms with van der Waals surface area (Å²) in [5, 5.41) is 0. The Morgan fingerprint density at radius 3 is 3.17 bits per heavy atom. The number of aryl methyl sites for hydroxylation is 1. The van der Waals surface area contributed by atoms with E-state index < -0.39 is 0 Å². The molecule has 62 valence electrons. The third-order valence-corrected chi connectivity index (χ3v) is 2.24. The molecule has 0 fully saturated rings. The summed E-state index contributed by atoms with van der Waals surface area (Å²) in [5.74, 6) is 0. The van der Waals surface area contributed by atoms with Gasteiger partial charge in [0.05, 0.1) is 12.7 Å². The minimum atomic E-state index is 0.431. The van der Waals surface area contributed by atoms with Crippen molar-refractivity contribution in [2.45, 2.75) is 0 Å². The molecule has 2 aromatic heterocycles. The Hall–Kier alpha value is -1.43. The molecule has 0 spiro atoms. The van der Waals surface area contributed by atoms with E-state index in [1.54, 1.807) is 17.9 Å². The van der Waals surface area contributed by atoms with Crippen LogP contribution < -0.4 is 0 Å². The topological polar surface area (TPSA) is 63.6 Å². The van der Waals surface area contributed by atoms with Crippen molar-refractivity contribution in [3.8, 4) is 0 Å². The van der Waals surface area contributed by atoms with E-state index >= 15 is 0 Å². The van der Waals surface area contributed by atoms with Crippen LogP contribution in [0.5, 0.6) is 0 Å². The van der Waals surface area contributed by atoms with E-state index in [1.807, 2.05) is 0 Å². The molecule has 0 aliphatic carbocycles. The molecule has 1 N–H and O–H groups in total. The number of nitrogens with one attached hydrogen (secondary N) is 1. The zero-order valence-corrected chi connectivity index (χ0v) is 7.13. The highest BCUT2D eigenvalue weighted by Gasteiger charge is 1.99. The van der Waals surface area contributed by atoms with E-state index in [9.17, 15) is 4.21 Å². The highest BCUT2D eigenvalue weighted by atomic mass is 32.1. The molecule has 0 aromatic carbocycles. The van der Waals surface area contributed by atoms with Gasteiger partial charge in [0.25, 0.3) is 0 Å². The summed E-state index contributed by atoms with van der Waals surface area (Å²) in [7, 11) is 1.77. The molecule has 2 rings (SSSR count). The third-order valence-electron chi connectivity index (χ3n) is 1.59. The molecule has 0 radical (unpaired) electrons. The fourth-order valence-electron chi connectivity index (χ4n) is 1.01. The molecule has 0 atom stereocenters. The third kappa shape index (κ3) is 0.884. The lowest BCUT2D eigenvalue weighted by atomic mass is 10.5. The van der Waals surface area contributed by atoms with Crippen molar-refractivity contribution in [1.29, 1.82) is 0 Å². The molecule has 0 aliphatic heterocycles. The number of aromatic amines is 1. The molecular weight excluding hydrogens is 176 g/mol. The molecule has 5 nitrogen and oxygen atoms in total. The monoisotopic (exact) mass is 182 g/mol. The van der Waals surface area contributed by atoms with Crippen molar-refractivity contribution >= 4 is 22.4 Å². The zero-order chi connectivity index (χ0) is 8.55. The minimum absolute atomic E-state index is 0.431. The van der Waals surface area contributed by atoms with Gasteiger partial charge in [-0.3, -0.25) is 0 Å². The zero-order valence-electron chi connectivity index (χ0n) is 6.31. The Balaban J connectivity index is 3.13. The summed E-state index contributed by atoms with van der Waals surface area (Å²) < 4.78 is 12.9. The van der Waals surface area contributed by atoms with Crippen LogP contribution in [-0.4, -0.2) is 23.7 Å². The first kappa shape index (κ1) is 7.23. The molecule has 0 saturated heterocycles. The lowest BCUT2D eigenvalue weighted by molar-refractivity contribution is 0.697. The Kier molecular flexibility index (Phi) is 1.54. The lowest BCUT2D eigenvalue weighted by Gasteiger charge is -1.94. The maximum Gasteiger partial charge on any atom is 0.182 e. The summed E-state index contributed by atoms with van der Waals surface area (Å²) in [5.41, 5.74) is 1.27. The second kappa shape index (κ2) is 2.56. The molecular formula is C6H6N4OS. The van der Waals surface area contributed by atoms with Gasteiger partial charge in [-0.25, -0.2) is 14.2 Å². The molecule has 0 amide bonds. The fraction of sp³-hybridized carbons (Fsp3) is 0.167. The predicted octanol–water partition coefficient (Wildman–Crippen LogP) is 0.0414. The standard InChI is InChI=1S/C6H6N4OS/c1-10-3-9-5-4(6(10)12-11)7-2-8-5/h2-3H,1H3,(H,7,8). The Morgan fingerprint density at radius 2 is 2.42 bits per heavy atom. The largest absolute Gasteiger partial charge is 0.341 e. The molecule has 0 saturated carbocycles. The highest BCUT2D eigenvalue weighted by Crippen LogP contribution is 2.03. The Labute approximate surface area is 71.2 Å². The smallest absolute Gasteiger partial charge is 0.182 e.